The summed E-state index contributed by atoms with van der Waals surface area (Å²) in [6.45, 7) is 4.37. The molecule has 90 valence electrons. The van der Waals surface area contributed by atoms with Gasteiger partial charge in [0.15, 0.2) is 6.29 Å². The fourth-order valence-electron chi connectivity index (χ4n) is 1.47. The average Bonchev–Trinajstić information content (AvgIpc) is 2.29. The van der Waals surface area contributed by atoms with E-state index in [0.717, 1.165) is 32.3 Å². The molecule has 0 saturated carbocycles. The number of hydrogen-bond acceptors (Lipinski definition) is 4. The molecule has 1 N–H and O–H groups in total. The molecule has 2 atom stereocenters. The number of aliphatic hydroxyl groups excluding tert-OH is 1. The average molecular weight is 218 g/mol. The Bertz CT molecular complexity index is 152. The molecular formula is C11H22O4. The summed E-state index contributed by atoms with van der Waals surface area (Å²) in [4.78, 5) is 0. The third-order valence-corrected chi connectivity index (χ3v) is 2.43. The van der Waals surface area contributed by atoms with E-state index in [9.17, 15) is 0 Å². The first-order valence-electron chi connectivity index (χ1n) is 5.82. The van der Waals surface area contributed by atoms with Crippen molar-refractivity contribution in [2.75, 3.05) is 26.4 Å². The molecule has 4 nitrogen and oxygen atoms in total. The standard InChI is InChI=1S/C11H22O4/c1-2-3-6-13-7-5-11-14-8-4-10(9-12)15-11/h10-12H,2-9H2,1H3/t10-,11+/m1/s1. The van der Waals surface area contributed by atoms with E-state index in [1.165, 1.54) is 0 Å². The summed E-state index contributed by atoms with van der Waals surface area (Å²) < 4.78 is 16.3. The van der Waals surface area contributed by atoms with Crippen LogP contribution in [0, 0.1) is 0 Å². The second kappa shape index (κ2) is 8.05. The van der Waals surface area contributed by atoms with Gasteiger partial charge in [-0.2, -0.15) is 0 Å². The second-order valence-electron chi connectivity index (χ2n) is 3.78. The third-order valence-electron chi connectivity index (χ3n) is 2.43. The largest absolute Gasteiger partial charge is 0.394 e. The molecule has 0 unspecified atom stereocenters. The molecule has 0 aromatic carbocycles. The van der Waals surface area contributed by atoms with Crippen molar-refractivity contribution in [3.63, 3.8) is 0 Å². The van der Waals surface area contributed by atoms with Crippen molar-refractivity contribution < 1.29 is 19.3 Å². The Morgan fingerprint density at radius 3 is 3.00 bits per heavy atom. The minimum Gasteiger partial charge on any atom is -0.394 e. The first-order chi connectivity index (χ1) is 7.36. The van der Waals surface area contributed by atoms with Crippen LogP contribution in [0.4, 0.5) is 0 Å². The predicted octanol–water partition coefficient (Wildman–Crippen LogP) is 1.32. The van der Waals surface area contributed by atoms with Crippen molar-refractivity contribution in [1.82, 2.24) is 0 Å². The minimum absolute atomic E-state index is 0.0561. The lowest BCUT2D eigenvalue weighted by Gasteiger charge is -2.29. The number of aliphatic hydroxyl groups is 1. The van der Waals surface area contributed by atoms with Crippen molar-refractivity contribution in [1.29, 1.82) is 0 Å². The van der Waals surface area contributed by atoms with Gasteiger partial charge in [0, 0.05) is 13.0 Å². The molecular weight excluding hydrogens is 196 g/mol. The van der Waals surface area contributed by atoms with Crippen molar-refractivity contribution in [2.45, 2.75) is 45.0 Å². The van der Waals surface area contributed by atoms with E-state index in [1.54, 1.807) is 0 Å². The second-order valence-corrected chi connectivity index (χ2v) is 3.78. The van der Waals surface area contributed by atoms with E-state index in [4.69, 9.17) is 19.3 Å². The van der Waals surface area contributed by atoms with Gasteiger partial charge in [0.1, 0.15) is 0 Å². The van der Waals surface area contributed by atoms with E-state index in [1.807, 2.05) is 0 Å². The molecule has 0 spiro atoms. The minimum atomic E-state index is -0.197. The van der Waals surface area contributed by atoms with Crippen LogP contribution in [0.25, 0.3) is 0 Å². The zero-order valence-electron chi connectivity index (χ0n) is 9.48. The Kier molecular flexibility index (Phi) is 6.92. The van der Waals surface area contributed by atoms with E-state index in [-0.39, 0.29) is 19.0 Å². The fourth-order valence-corrected chi connectivity index (χ4v) is 1.47. The van der Waals surface area contributed by atoms with Gasteiger partial charge in [-0.15, -0.1) is 0 Å². The lowest BCUT2D eigenvalue weighted by molar-refractivity contribution is -0.225. The van der Waals surface area contributed by atoms with Crippen molar-refractivity contribution in [3.8, 4) is 0 Å². The highest BCUT2D eigenvalue weighted by Crippen LogP contribution is 2.14. The zero-order chi connectivity index (χ0) is 10.9. The maximum absolute atomic E-state index is 8.94. The van der Waals surface area contributed by atoms with Gasteiger partial charge in [-0.3, -0.25) is 0 Å². The molecule has 4 heteroatoms. The lowest BCUT2D eigenvalue weighted by atomic mass is 10.2. The van der Waals surface area contributed by atoms with E-state index >= 15 is 0 Å². The topological polar surface area (TPSA) is 47.9 Å². The molecule has 1 aliphatic rings. The molecule has 1 rings (SSSR count). The molecule has 0 aromatic heterocycles. The summed E-state index contributed by atoms with van der Waals surface area (Å²) in [6.07, 6.45) is 3.54. The van der Waals surface area contributed by atoms with Gasteiger partial charge in [-0.05, 0) is 12.8 Å². The first kappa shape index (κ1) is 12.9. The molecule has 0 radical (unpaired) electrons. The first-order valence-corrected chi connectivity index (χ1v) is 5.82. The molecule has 0 bridgehead atoms. The summed E-state index contributed by atoms with van der Waals surface area (Å²) in [5.41, 5.74) is 0. The summed E-state index contributed by atoms with van der Waals surface area (Å²) in [6, 6.07) is 0. The van der Waals surface area contributed by atoms with Crippen molar-refractivity contribution in [3.05, 3.63) is 0 Å². The van der Waals surface area contributed by atoms with Crippen LogP contribution in [0.2, 0.25) is 0 Å². The third kappa shape index (κ3) is 5.47. The number of ether oxygens (including phenoxy) is 3. The Morgan fingerprint density at radius 2 is 2.27 bits per heavy atom. The van der Waals surface area contributed by atoms with Crippen molar-refractivity contribution in [2.24, 2.45) is 0 Å². The zero-order valence-corrected chi connectivity index (χ0v) is 9.48. The van der Waals surface area contributed by atoms with Crippen LogP contribution >= 0.6 is 0 Å². The lowest BCUT2D eigenvalue weighted by Crippen LogP contribution is -2.35. The van der Waals surface area contributed by atoms with Gasteiger partial charge in [-0.25, -0.2) is 0 Å². The summed E-state index contributed by atoms with van der Waals surface area (Å²) in [5.74, 6) is 0. The Hall–Kier alpha value is -0.160. The quantitative estimate of drug-likeness (QED) is 0.655. The van der Waals surface area contributed by atoms with E-state index in [0.29, 0.717) is 13.2 Å². The van der Waals surface area contributed by atoms with Crippen LogP contribution in [-0.2, 0) is 14.2 Å². The Labute approximate surface area is 91.5 Å². The van der Waals surface area contributed by atoms with Gasteiger partial charge in [-0.1, -0.05) is 13.3 Å². The van der Waals surface area contributed by atoms with Crippen LogP contribution in [0.1, 0.15) is 32.6 Å². The highest BCUT2D eigenvalue weighted by Gasteiger charge is 2.21. The van der Waals surface area contributed by atoms with Crippen LogP contribution in [0.5, 0.6) is 0 Å². The fraction of sp³-hybridized carbons (Fsp3) is 1.00. The molecule has 1 fully saturated rings. The van der Waals surface area contributed by atoms with Crippen molar-refractivity contribution >= 4 is 0 Å². The van der Waals surface area contributed by atoms with Gasteiger partial charge < -0.3 is 19.3 Å². The molecule has 1 aliphatic heterocycles. The predicted molar refractivity (Wildman–Crippen MR) is 56.7 cm³/mol. The molecule has 0 aliphatic carbocycles. The molecule has 1 heterocycles. The molecule has 0 amide bonds. The van der Waals surface area contributed by atoms with Gasteiger partial charge in [0.25, 0.3) is 0 Å². The monoisotopic (exact) mass is 218 g/mol. The molecule has 15 heavy (non-hydrogen) atoms. The normalized spacial score (nSPS) is 26.8. The smallest absolute Gasteiger partial charge is 0.160 e. The Balaban J connectivity index is 2.00. The van der Waals surface area contributed by atoms with Gasteiger partial charge >= 0.3 is 0 Å². The van der Waals surface area contributed by atoms with Crippen LogP contribution < -0.4 is 0 Å². The maximum Gasteiger partial charge on any atom is 0.160 e. The van der Waals surface area contributed by atoms with Gasteiger partial charge in [0.2, 0.25) is 0 Å². The van der Waals surface area contributed by atoms with Crippen LogP contribution in [-0.4, -0.2) is 43.9 Å². The van der Waals surface area contributed by atoms with E-state index < -0.39 is 0 Å². The summed E-state index contributed by atoms with van der Waals surface area (Å²) >= 11 is 0. The number of rotatable bonds is 7. The summed E-state index contributed by atoms with van der Waals surface area (Å²) in [7, 11) is 0. The maximum atomic E-state index is 8.94. The van der Waals surface area contributed by atoms with E-state index in [2.05, 4.69) is 6.92 Å². The summed E-state index contributed by atoms with van der Waals surface area (Å²) in [5, 5.41) is 8.94. The Morgan fingerprint density at radius 1 is 1.40 bits per heavy atom. The molecule has 0 aromatic rings. The highest BCUT2D eigenvalue weighted by molar-refractivity contribution is 4.62. The van der Waals surface area contributed by atoms with Crippen LogP contribution in [0.15, 0.2) is 0 Å². The molecule has 1 saturated heterocycles. The number of unbranched alkanes of at least 4 members (excludes halogenated alkanes) is 1. The van der Waals surface area contributed by atoms with Crippen LogP contribution in [0.3, 0.4) is 0 Å². The highest BCUT2D eigenvalue weighted by atomic mass is 16.7. The SMILES string of the molecule is CCCCOCC[C@H]1OCC[C@H](CO)O1. The number of hydrogen-bond donors (Lipinski definition) is 1. The van der Waals surface area contributed by atoms with Gasteiger partial charge in [0.05, 0.1) is 25.9 Å².